The highest BCUT2D eigenvalue weighted by atomic mass is 19.1. The molecule has 0 spiro atoms. The Morgan fingerprint density at radius 1 is 1.30 bits per heavy atom. The van der Waals surface area contributed by atoms with Crippen LogP contribution in [0.2, 0.25) is 0 Å². The van der Waals surface area contributed by atoms with E-state index < -0.39 is 5.67 Å². The monoisotopic (exact) mass is 411 g/mol. The van der Waals surface area contributed by atoms with Crippen molar-refractivity contribution < 1.29 is 13.7 Å². The standard InChI is InChI=1S/C21H22FN5O3/c22-21(20-24-18(25-30-20)14-4-3-5-14)9-11-26(12-21)17(28)8-10-27-13-23-16-7-2-1-6-15(16)19(27)29/h1-2,6-7,13-14H,3-5,8-12H2. The number of rotatable bonds is 5. The summed E-state index contributed by atoms with van der Waals surface area (Å²) in [5, 5.41) is 4.44. The maximum absolute atomic E-state index is 15.4. The van der Waals surface area contributed by atoms with Crippen LogP contribution in [0.15, 0.2) is 39.9 Å². The first-order valence-electron chi connectivity index (χ1n) is 10.3. The molecule has 2 aromatic heterocycles. The summed E-state index contributed by atoms with van der Waals surface area (Å²) in [6.45, 7) is 0.363. The molecule has 1 aliphatic heterocycles. The minimum absolute atomic E-state index is 0.0327. The molecule has 1 unspecified atom stereocenters. The molecule has 3 aromatic rings. The van der Waals surface area contributed by atoms with Gasteiger partial charge in [-0.2, -0.15) is 4.98 Å². The molecule has 8 nitrogen and oxygen atoms in total. The number of alkyl halides is 1. The number of para-hydroxylation sites is 1. The first kappa shape index (κ1) is 18.9. The Labute approximate surface area is 171 Å². The van der Waals surface area contributed by atoms with Crippen LogP contribution < -0.4 is 5.56 Å². The van der Waals surface area contributed by atoms with Gasteiger partial charge < -0.3 is 9.42 Å². The number of hydrogen-bond acceptors (Lipinski definition) is 6. The molecule has 0 N–H and O–H groups in total. The Morgan fingerprint density at radius 2 is 2.13 bits per heavy atom. The molecule has 1 amide bonds. The number of carbonyl (C=O) groups excluding carboxylic acids is 1. The second kappa shape index (κ2) is 7.30. The van der Waals surface area contributed by atoms with Gasteiger partial charge in [0.25, 0.3) is 11.4 Å². The van der Waals surface area contributed by atoms with Crippen molar-refractivity contribution in [2.75, 3.05) is 13.1 Å². The van der Waals surface area contributed by atoms with E-state index in [1.54, 1.807) is 18.2 Å². The zero-order chi connectivity index (χ0) is 20.7. The second-order valence-corrected chi connectivity index (χ2v) is 8.13. The van der Waals surface area contributed by atoms with Crippen LogP contribution in [0.4, 0.5) is 4.39 Å². The number of aryl methyl sites for hydroxylation is 1. The molecule has 1 aliphatic carbocycles. The van der Waals surface area contributed by atoms with E-state index in [1.807, 2.05) is 6.07 Å². The van der Waals surface area contributed by atoms with Crippen molar-refractivity contribution >= 4 is 16.8 Å². The SMILES string of the molecule is O=C(CCn1cnc2ccccc2c1=O)N1CCC(F)(c2nc(C3CCC3)no2)C1. The van der Waals surface area contributed by atoms with Gasteiger partial charge in [-0.05, 0) is 25.0 Å². The molecule has 2 fully saturated rings. The fourth-order valence-corrected chi connectivity index (χ4v) is 4.05. The van der Waals surface area contributed by atoms with Gasteiger partial charge in [0.05, 0.1) is 23.8 Å². The number of halogens is 1. The summed E-state index contributed by atoms with van der Waals surface area (Å²) in [6.07, 6.45) is 4.81. The average Bonchev–Trinajstić information content (AvgIpc) is 3.35. The highest BCUT2D eigenvalue weighted by Crippen LogP contribution is 2.39. The molecular weight excluding hydrogens is 389 g/mol. The predicted octanol–water partition coefficient (Wildman–Crippen LogP) is 2.53. The molecule has 1 atom stereocenters. The van der Waals surface area contributed by atoms with E-state index in [1.165, 1.54) is 15.8 Å². The molecule has 1 aromatic carbocycles. The van der Waals surface area contributed by atoms with E-state index in [-0.39, 0.29) is 55.8 Å². The Hall–Kier alpha value is -3.10. The summed E-state index contributed by atoms with van der Waals surface area (Å²) < 4.78 is 22.0. The third-order valence-corrected chi connectivity index (χ3v) is 6.17. The zero-order valence-electron chi connectivity index (χ0n) is 16.5. The first-order valence-corrected chi connectivity index (χ1v) is 10.3. The van der Waals surface area contributed by atoms with E-state index in [0.717, 1.165) is 19.3 Å². The molecule has 2 aliphatic rings. The van der Waals surface area contributed by atoms with Gasteiger partial charge in [-0.15, -0.1) is 0 Å². The van der Waals surface area contributed by atoms with Crippen molar-refractivity contribution in [3.63, 3.8) is 0 Å². The van der Waals surface area contributed by atoms with Gasteiger partial charge in [-0.1, -0.05) is 23.7 Å². The molecule has 0 radical (unpaired) electrons. The van der Waals surface area contributed by atoms with Crippen molar-refractivity contribution in [1.82, 2.24) is 24.6 Å². The summed E-state index contributed by atoms with van der Waals surface area (Å²) in [5.41, 5.74) is -1.39. The lowest BCUT2D eigenvalue weighted by Crippen LogP contribution is -2.33. The number of aromatic nitrogens is 4. The van der Waals surface area contributed by atoms with E-state index in [4.69, 9.17) is 4.52 Å². The molecular formula is C21H22FN5O3. The van der Waals surface area contributed by atoms with Crippen LogP contribution in [-0.4, -0.2) is 43.6 Å². The van der Waals surface area contributed by atoms with Crippen LogP contribution in [0.5, 0.6) is 0 Å². The number of carbonyl (C=O) groups is 1. The Kier molecular flexibility index (Phi) is 4.60. The minimum Gasteiger partial charge on any atom is -0.339 e. The molecule has 3 heterocycles. The van der Waals surface area contributed by atoms with Gasteiger partial charge in [0.1, 0.15) is 0 Å². The number of amides is 1. The topological polar surface area (TPSA) is 94.1 Å². The van der Waals surface area contributed by atoms with E-state index >= 15 is 4.39 Å². The van der Waals surface area contributed by atoms with Crippen LogP contribution in [0.3, 0.4) is 0 Å². The number of fused-ring (bicyclic) bond motifs is 1. The fraction of sp³-hybridized carbons (Fsp3) is 0.476. The molecule has 156 valence electrons. The lowest BCUT2D eigenvalue weighted by molar-refractivity contribution is -0.131. The maximum atomic E-state index is 15.4. The van der Waals surface area contributed by atoms with Crippen LogP contribution in [-0.2, 0) is 17.0 Å². The van der Waals surface area contributed by atoms with Gasteiger partial charge in [-0.25, -0.2) is 9.37 Å². The lowest BCUT2D eigenvalue weighted by atomic mass is 9.85. The summed E-state index contributed by atoms with van der Waals surface area (Å²) in [7, 11) is 0. The molecule has 30 heavy (non-hydrogen) atoms. The maximum Gasteiger partial charge on any atom is 0.266 e. The van der Waals surface area contributed by atoms with Gasteiger partial charge in [0, 0.05) is 31.8 Å². The van der Waals surface area contributed by atoms with Gasteiger partial charge >= 0.3 is 0 Å². The van der Waals surface area contributed by atoms with E-state index in [0.29, 0.717) is 16.7 Å². The highest BCUT2D eigenvalue weighted by Gasteiger charge is 2.46. The van der Waals surface area contributed by atoms with Crippen molar-refractivity contribution in [3.05, 3.63) is 52.7 Å². The lowest BCUT2D eigenvalue weighted by Gasteiger charge is -2.21. The average molecular weight is 411 g/mol. The predicted molar refractivity (Wildman–Crippen MR) is 105 cm³/mol. The van der Waals surface area contributed by atoms with Gasteiger partial charge in [-0.3, -0.25) is 14.2 Å². The smallest absolute Gasteiger partial charge is 0.266 e. The van der Waals surface area contributed by atoms with E-state index in [2.05, 4.69) is 15.1 Å². The van der Waals surface area contributed by atoms with Crippen molar-refractivity contribution in [3.8, 4) is 0 Å². The Balaban J connectivity index is 1.24. The summed E-state index contributed by atoms with van der Waals surface area (Å²) in [5.74, 6) is 0.586. The third-order valence-electron chi connectivity index (χ3n) is 6.17. The largest absolute Gasteiger partial charge is 0.339 e. The van der Waals surface area contributed by atoms with Crippen molar-refractivity contribution in [2.24, 2.45) is 0 Å². The van der Waals surface area contributed by atoms with Crippen LogP contribution >= 0.6 is 0 Å². The molecule has 0 bridgehead atoms. The first-order chi connectivity index (χ1) is 14.5. The highest BCUT2D eigenvalue weighted by molar-refractivity contribution is 5.78. The third kappa shape index (κ3) is 3.28. The molecule has 5 rings (SSSR count). The Bertz CT molecular complexity index is 1150. The van der Waals surface area contributed by atoms with Gasteiger partial charge in [0.15, 0.2) is 5.82 Å². The van der Waals surface area contributed by atoms with E-state index in [9.17, 15) is 9.59 Å². The fourth-order valence-electron chi connectivity index (χ4n) is 4.05. The summed E-state index contributed by atoms with van der Waals surface area (Å²) in [4.78, 5) is 35.2. The molecule has 1 saturated carbocycles. The van der Waals surface area contributed by atoms with Crippen molar-refractivity contribution in [2.45, 2.75) is 50.2 Å². The number of nitrogens with zero attached hydrogens (tertiary/aromatic N) is 5. The molecule has 1 saturated heterocycles. The zero-order valence-corrected chi connectivity index (χ0v) is 16.5. The minimum atomic E-state index is -1.81. The summed E-state index contributed by atoms with van der Waals surface area (Å²) in [6, 6.07) is 7.08. The quantitative estimate of drug-likeness (QED) is 0.640. The number of benzene rings is 1. The van der Waals surface area contributed by atoms with Crippen LogP contribution in [0.25, 0.3) is 10.9 Å². The van der Waals surface area contributed by atoms with Crippen LogP contribution in [0, 0.1) is 0 Å². The van der Waals surface area contributed by atoms with Crippen molar-refractivity contribution in [1.29, 1.82) is 0 Å². The number of likely N-dealkylation sites (tertiary alicyclic amines) is 1. The Morgan fingerprint density at radius 3 is 2.93 bits per heavy atom. The number of hydrogen-bond donors (Lipinski definition) is 0. The second-order valence-electron chi connectivity index (χ2n) is 8.13. The van der Waals surface area contributed by atoms with Crippen LogP contribution in [0.1, 0.15) is 49.7 Å². The van der Waals surface area contributed by atoms with Gasteiger partial charge in [0.2, 0.25) is 11.6 Å². The normalized spacial score (nSPS) is 21.8. The summed E-state index contributed by atoms with van der Waals surface area (Å²) >= 11 is 0. The molecule has 9 heteroatoms.